The molecule has 2 amide bonds. The van der Waals surface area contributed by atoms with Gasteiger partial charge in [0.15, 0.2) is 0 Å². The number of carbonyl (C=O) groups excluding carboxylic acids is 2. The maximum absolute atomic E-state index is 12.9. The highest BCUT2D eigenvalue weighted by molar-refractivity contribution is 6.18. The fourth-order valence-corrected chi connectivity index (χ4v) is 3.49. The molecule has 0 saturated carbocycles. The predicted molar refractivity (Wildman–Crippen MR) is 106 cm³/mol. The Balaban J connectivity index is 1.53. The molecule has 0 spiro atoms. The second kappa shape index (κ2) is 6.79. The van der Waals surface area contributed by atoms with Gasteiger partial charge in [0.25, 0.3) is 11.8 Å². The van der Waals surface area contributed by atoms with Crippen molar-refractivity contribution in [3.8, 4) is 0 Å². The number of hydrogen-bond donors (Lipinski definition) is 0. The number of rotatable bonds is 4. The summed E-state index contributed by atoms with van der Waals surface area (Å²) in [6.07, 6.45) is 0.384. The van der Waals surface area contributed by atoms with Crippen LogP contribution in [-0.2, 0) is 9.59 Å². The molecular formula is C21H20N4O2. The molecule has 6 heteroatoms. The van der Waals surface area contributed by atoms with Gasteiger partial charge in [-0.1, -0.05) is 36.4 Å². The Bertz CT molecular complexity index is 860. The number of anilines is 2. The standard InChI is InChI=1S/C21H20N4O2/c1-14-18(20(26)24(22-14)16-9-5-3-6-10-16)13-19-15(2)23-25(21(19)27)17-11-7-4-8-12-17/h3-12,18-19H,13H2,1-2H3/t18-,19+. The van der Waals surface area contributed by atoms with Crippen molar-refractivity contribution in [1.82, 2.24) is 0 Å². The first-order valence-corrected chi connectivity index (χ1v) is 8.94. The summed E-state index contributed by atoms with van der Waals surface area (Å²) < 4.78 is 0. The summed E-state index contributed by atoms with van der Waals surface area (Å²) >= 11 is 0. The molecule has 27 heavy (non-hydrogen) atoms. The van der Waals surface area contributed by atoms with Crippen LogP contribution in [0.2, 0.25) is 0 Å². The third-order valence-electron chi connectivity index (χ3n) is 5.01. The van der Waals surface area contributed by atoms with Gasteiger partial charge in [-0.25, -0.2) is 10.0 Å². The molecule has 2 heterocycles. The summed E-state index contributed by atoms with van der Waals surface area (Å²) in [6.45, 7) is 3.68. The van der Waals surface area contributed by atoms with Gasteiger partial charge in [-0.15, -0.1) is 0 Å². The Kier molecular flexibility index (Phi) is 4.32. The Morgan fingerprint density at radius 3 is 1.44 bits per heavy atom. The van der Waals surface area contributed by atoms with E-state index in [1.807, 2.05) is 74.5 Å². The Morgan fingerprint density at radius 2 is 1.07 bits per heavy atom. The number of hydrazone groups is 2. The minimum atomic E-state index is -0.417. The smallest absolute Gasteiger partial charge is 0.256 e. The number of benzene rings is 2. The molecule has 6 nitrogen and oxygen atoms in total. The lowest BCUT2D eigenvalue weighted by Crippen LogP contribution is -2.33. The fourth-order valence-electron chi connectivity index (χ4n) is 3.49. The largest absolute Gasteiger partial charge is 0.272 e. The van der Waals surface area contributed by atoms with Crippen LogP contribution in [-0.4, -0.2) is 23.2 Å². The highest BCUT2D eigenvalue weighted by Crippen LogP contribution is 2.32. The third-order valence-corrected chi connectivity index (χ3v) is 5.01. The van der Waals surface area contributed by atoms with E-state index in [4.69, 9.17) is 0 Å². The van der Waals surface area contributed by atoms with Crippen molar-refractivity contribution in [2.24, 2.45) is 22.0 Å². The number of hydrogen-bond acceptors (Lipinski definition) is 4. The zero-order chi connectivity index (χ0) is 19.0. The Hall–Kier alpha value is -3.28. The second-order valence-corrected chi connectivity index (χ2v) is 6.79. The zero-order valence-corrected chi connectivity index (χ0v) is 15.2. The van der Waals surface area contributed by atoms with Gasteiger partial charge in [0.2, 0.25) is 0 Å². The van der Waals surface area contributed by atoms with Gasteiger partial charge in [-0.05, 0) is 44.5 Å². The van der Waals surface area contributed by atoms with E-state index in [-0.39, 0.29) is 11.8 Å². The second-order valence-electron chi connectivity index (χ2n) is 6.79. The van der Waals surface area contributed by atoms with E-state index in [1.54, 1.807) is 0 Å². The molecule has 136 valence electrons. The third kappa shape index (κ3) is 3.03. The van der Waals surface area contributed by atoms with Crippen LogP contribution in [0, 0.1) is 11.8 Å². The van der Waals surface area contributed by atoms with E-state index in [2.05, 4.69) is 10.2 Å². The van der Waals surface area contributed by atoms with E-state index in [9.17, 15) is 9.59 Å². The van der Waals surface area contributed by atoms with E-state index >= 15 is 0 Å². The van der Waals surface area contributed by atoms with Gasteiger partial charge in [0.1, 0.15) is 0 Å². The van der Waals surface area contributed by atoms with Gasteiger partial charge in [-0.2, -0.15) is 10.2 Å². The number of carbonyl (C=O) groups is 2. The maximum Gasteiger partial charge on any atom is 0.256 e. The quantitative estimate of drug-likeness (QED) is 0.838. The molecule has 2 atom stereocenters. The van der Waals surface area contributed by atoms with Crippen molar-refractivity contribution < 1.29 is 9.59 Å². The number of amides is 2. The van der Waals surface area contributed by atoms with E-state index in [0.29, 0.717) is 6.42 Å². The molecule has 0 N–H and O–H groups in total. The average molecular weight is 360 g/mol. The van der Waals surface area contributed by atoms with Crippen molar-refractivity contribution >= 4 is 34.6 Å². The van der Waals surface area contributed by atoms with E-state index < -0.39 is 11.8 Å². The lowest BCUT2D eigenvalue weighted by atomic mass is 9.88. The molecule has 2 aromatic carbocycles. The summed E-state index contributed by atoms with van der Waals surface area (Å²) in [5.41, 5.74) is 2.92. The monoisotopic (exact) mass is 360 g/mol. The molecule has 0 radical (unpaired) electrons. The Labute approximate surface area is 157 Å². The van der Waals surface area contributed by atoms with Crippen LogP contribution in [0.15, 0.2) is 70.9 Å². The number of nitrogens with zero attached hydrogens (tertiary/aromatic N) is 4. The summed E-state index contributed by atoms with van der Waals surface area (Å²) in [5.74, 6) is -1.03. The van der Waals surface area contributed by atoms with Crippen molar-refractivity contribution in [3.63, 3.8) is 0 Å². The van der Waals surface area contributed by atoms with E-state index in [0.717, 1.165) is 22.8 Å². The first-order chi connectivity index (χ1) is 13.1. The van der Waals surface area contributed by atoms with Gasteiger partial charge in [-0.3, -0.25) is 9.59 Å². The van der Waals surface area contributed by atoms with Crippen molar-refractivity contribution in [2.45, 2.75) is 20.3 Å². The normalized spacial score (nSPS) is 22.3. The van der Waals surface area contributed by atoms with Crippen molar-refractivity contribution in [1.29, 1.82) is 0 Å². The summed E-state index contributed by atoms with van der Waals surface area (Å²) in [7, 11) is 0. The maximum atomic E-state index is 12.9. The van der Waals surface area contributed by atoms with Crippen molar-refractivity contribution in [3.05, 3.63) is 60.7 Å². The lowest BCUT2D eigenvalue weighted by Gasteiger charge is -2.18. The van der Waals surface area contributed by atoms with Gasteiger partial charge in [0, 0.05) is 11.4 Å². The van der Waals surface area contributed by atoms with Crippen LogP contribution in [0.25, 0.3) is 0 Å². The van der Waals surface area contributed by atoms with Crippen LogP contribution in [0.3, 0.4) is 0 Å². The highest BCUT2D eigenvalue weighted by Gasteiger charge is 2.42. The van der Waals surface area contributed by atoms with Crippen molar-refractivity contribution in [2.75, 3.05) is 10.0 Å². The fraction of sp³-hybridized carbons (Fsp3) is 0.238. The van der Waals surface area contributed by atoms with Gasteiger partial charge >= 0.3 is 0 Å². The highest BCUT2D eigenvalue weighted by atomic mass is 16.2. The first kappa shape index (κ1) is 17.1. The average Bonchev–Trinajstić information content (AvgIpc) is 3.14. The van der Waals surface area contributed by atoms with Crippen LogP contribution >= 0.6 is 0 Å². The van der Waals surface area contributed by atoms with Gasteiger partial charge < -0.3 is 0 Å². The molecule has 0 aromatic heterocycles. The lowest BCUT2D eigenvalue weighted by molar-refractivity contribution is -0.121. The molecular weight excluding hydrogens is 340 g/mol. The van der Waals surface area contributed by atoms with Crippen LogP contribution in [0.4, 0.5) is 11.4 Å². The van der Waals surface area contributed by atoms with Crippen LogP contribution < -0.4 is 10.0 Å². The number of para-hydroxylation sites is 2. The summed E-state index contributed by atoms with van der Waals surface area (Å²) in [5, 5.41) is 11.7. The molecule has 4 rings (SSSR count). The SMILES string of the molecule is CC1=NN(c2ccccc2)C(=O)[C@H]1C[C@H]1C(=O)N(c2ccccc2)N=C1C. The van der Waals surface area contributed by atoms with Crippen LogP contribution in [0.5, 0.6) is 0 Å². The molecule has 0 fully saturated rings. The first-order valence-electron chi connectivity index (χ1n) is 8.94. The predicted octanol–water partition coefficient (Wildman–Crippen LogP) is 3.45. The molecule has 2 aliphatic heterocycles. The van der Waals surface area contributed by atoms with E-state index in [1.165, 1.54) is 10.0 Å². The summed E-state index contributed by atoms with van der Waals surface area (Å²) in [4.78, 5) is 25.8. The molecule has 2 aromatic rings. The minimum Gasteiger partial charge on any atom is -0.272 e. The Morgan fingerprint density at radius 1 is 0.704 bits per heavy atom. The molecule has 0 bridgehead atoms. The summed E-state index contributed by atoms with van der Waals surface area (Å²) in [6, 6.07) is 18.7. The molecule has 0 saturated heterocycles. The topological polar surface area (TPSA) is 65.3 Å². The molecule has 0 unspecified atom stereocenters. The molecule has 0 aliphatic carbocycles. The molecule has 2 aliphatic rings. The van der Waals surface area contributed by atoms with Gasteiger partial charge in [0.05, 0.1) is 23.2 Å². The van der Waals surface area contributed by atoms with Crippen LogP contribution in [0.1, 0.15) is 20.3 Å². The minimum absolute atomic E-state index is 0.0996. The zero-order valence-electron chi connectivity index (χ0n) is 15.2.